The van der Waals surface area contributed by atoms with Crippen LogP contribution in [0.5, 0.6) is 0 Å². The standard InChI is InChI=1S/C15H21BrNO3/c1-19-11-17(7-3-4-8-17)10-13-6-5-12(9-14(13)16)15(18)20-2/h5-6,9H,3-4,7-8,10-11H2,1-2H3/q+1. The van der Waals surface area contributed by atoms with E-state index in [4.69, 9.17) is 9.47 Å². The minimum absolute atomic E-state index is 0.306. The van der Waals surface area contributed by atoms with Crippen molar-refractivity contribution in [1.82, 2.24) is 0 Å². The first-order chi connectivity index (χ1) is 9.60. The van der Waals surface area contributed by atoms with Crippen LogP contribution < -0.4 is 0 Å². The number of carbonyl (C=O) groups excluding carboxylic acids is 1. The fourth-order valence-electron chi connectivity index (χ4n) is 2.89. The van der Waals surface area contributed by atoms with Gasteiger partial charge < -0.3 is 9.47 Å². The maximum atomic E-state index is 11.5. The molecule has 1 aliphatic rings. The number of esters is 1. The molecular formula is C15H21BrNO3+. The van der Waals surface area contributed by atoms with Gasteiger partial charge in [0.05, 0.1) is 25.8 Å². The van der Waals surface area contributed by atoms with Crippen molar-refractivity contribution in [2.75, 3.05) is 34.0 Å². The van der Waals surface area contributed by atoms with Crippen LogP contribution in [0.2, 0.25) is 0 Å². The molecule has 20 heavy (non-hydrogen) atoms. The number of ether oxygens (including phenoxy) is 2. The summed E-state index contributed by atoms with van der Waals surface area (Å²) in [5.74, 6) is -0.306. The maximum absolute atomic E-state index is 11.5. The average Bonchev–Trinajstić information content (AvgIpc) is 2.89. The minimum Gasteiger partial charge on any atom is -0.465 e. The highest BCUT2D eigenvalue weighted by Gasteiger charge is 2.32. The lowest BCUT2D eigenvalue weighted by Crippen LogP contribution is -2.45. The Labute approximate surface area is 128 Å². The summed E-state index contributed by atoms with van der Waals surface area (Å²) in [4.78, 5) is 11.5. The van der Waals surface area contributed by atoms with Crippen molar-refractivity contribution < 1.29 is 18.8 Å². The number of methoxy groups -OCH3 is 2. The molecule has 1 heterocycles. The van der Waals surface area contributed by atoms with Crippen LogP contribution in [0.15, 0.2) is 22.7 Å². The third-order valence-corrected chi connectivity index (χ3v) is 4.64. The summed E-state index contributed by atoms with van der Waals surface area (Å²) < 4.78 is 12.1. The maximum Gasteiger partial charge on any atom is 0.337 e. The van der Waals surface area contributed by atoms with Gasteiger partial charge in [0.25, 0.3) is 0 Å². The number of hydrogen-bond acceptors (Lipinski definition) is 3. The molecule has 0 aliphatic carbocycles. The SMILES string of the molecule is COC[N+]1(Cc2ccc(C(=O)OC)cc2Br)CCCC1. The molecule has 0 radical (unpaired) electrons. The van der Waals surface area contributed by atoms with Crippen molar-refractivity contribution in [2.45, 2.75) is 19.4 Å². The smallest absolute Gasteiger partial charge is 0.337 e. The van der Waals surface area contributed by atoms with E-state index in [1.54, 1.807) is 7.11 Å². The molecule has 4 nitrogen and oxygen atoms in total. The fourth-order valence-corrected chi connectivity index (χ4v) is 3.40. The third-order valence-electron chi connectivity index (χ3n) is 3.90. The Morgan fingerprint density at radius 3 is 2.55 bits per heavy atom. The van der Waals surface area contributed by atoms with Gasteiger partial charge in [0.15, 0.2) is 6.73 Å². The summed E-state index contributed by atoms with van der Waals surface area (Å²) in [6.07, 6.45) is 2.50. The third kappa shape index (κ3) is 3.40. The number of halogens is 1. The van der Waals surface area contributed by atoms with Crippen LogP contribution in [0, 0.1) is 0 Å². The van der Waals surface area contributed by atoms with Gasteiger partial charge >= 0.3 is 5.97 Å². The van der Waals surface area contributed by atoms with E-state index in [2.05, 4.69) is 15.9 Å². The molecule has 0 aromatic heterocycles. The summed E-state index contributed by atoms with van der Waals surface area (Å²) in [7, 11) is 3.15. The zero-order valence-electron chi connectivity index (χ0n) is 12.0. The van der Waals surface area contributed by atoms with Crippen LogP contribution in [0.3, 0.4) is 0 Å². The van der Waals surface area contributed by atoms with Crippen LogP contribution in [-0.4, -0.2) is 44.5 Å². The van der Waals surface area contributed by atoms with Gasteiger partial charge in [0.1, 0.15) is 6.54 Å². The van der Waals surface area contributed by atoms with Crippen LogP contribution >= 0.6 is 15.9 Å². The van der Waals surface area contributed by atoms with E-state index < -0.39 is 0 Å². The van der Waals surface area contributed by atoms with Crippen LogP contribution in [-0.2, 0) is 16.0 Å². The summed E-state index contributed by atoms with van der Waals surface area (Å²) in [5, 5.41) is 0. The number of carbonyl (C=O) groups is 1. The molecule has 0 spiro atoms. The highest BCUT2D eigenvalue weighted by atomic mass is 79.9. The molecule has 1 fully saturated rings. The monoisotopic (exact) mass is 342 g/mol. The normalized spacial score (nSPS) is 17.1. The van der Waals surface area contributed by atoms with E-state index in [1.807, 2.05) is 18.2 Å². The quantitative estimate of drug-likeness (QED) is 0.609. The molecule has 2 rings (SSSR count). The van der Waals surface area contributed by atoms with E-state index in [0.717, 1.165) is 35.3 Å². The van der Waals surface area contributed by atoms with Crippen molar-refractivity contribution >= 4 is 21.9 Å². The van der Waals surface area contributed by atoms with E-state index in [1.165, 1.54) is 25.5 Å². The van der Waals surface area contributed by atoms with E-state index >= 15 is 0 Å². The molecule has 1 aliphatic heterocycles. The molecule has 5 heteroatoms. The Hall–Kier alpha value is -0.910. The number of hydrogen-bond donors (Lipinski definition) is 0. The van der Waals surface area contributed by atoms with Gasteiger partial charge in [-0.15, -0.1) is 0 Å². The molecule has 1 aromatic rings. The molecule has 0 saturated carbocycles. The highest BCUT2D eigenvalue weighted by Crippen LogP contribution is 2.27. The molecule has 110 valence electrons. The first kappa shape index (κ1) is 15.5. The first-order valence-electron chi connectivity index (χ1n) is 6.81. The van der Waals surface area contributed by atoms with Crippen molar-refractivity contribution in [3.8, 4) is 0 Å². The minimum atomic E-state index is -0.306. The van der Waals surface area contributed by atoms with Crippen LogP contribution in [0.4, 0.5) is 0 Å². The Bertz CT molecular complexity index is 484. The number of quaternary nitrogens is 1. The second-order valence-electron chi connectivity index (χ2n) is 5.37. The molecule has 1 saturated heterocycles. The second-order valence-corrected chi connectivity index (χ2v) is 6.22. The Kier molecular flexibility index (Phi) is 5.18. The Morgan fingerprint density at radius 1 is 1.30 bits per heavy atom. The van der Waals surface area contributed by atoms with Crippen molar-refractivity contribution in [2.24, 2.45) is 0 Å². The topological polar surface area (TPSA) is 35.5 Å². The molecule has 0 amide bonds. The van der Waals surface area contributed by atoms with Gasteiger partial charge in [-0.2, -0.15) is 0 Å². The van der Waals surface area contributed by atoms with Gasteiger partial charge in [-0.3, -0.25) is 4.48 Å². The summed E-state index contributed by atoms with van der Waals surface area (Å²) in [6.45, 7) is 3.97. The number of likely N-dealkylation sites (tertiary alicyclic amines) is 1. The lowest BCUT2D eigenvalue weighted by atomic mass is 10.1. The number of nitrogens with zero attached hydrogens (tertiary/aromatic N) is 1. The number of benzene rings is 1. The molecule has 1 aromatic carbocycles. The van der Waals surface area contributed by atoms with Gasteiger partial charge in [0.2, 0.25) is 0 Å². The van der Waals surface area contributed by atoms with Crippen LogP contribution in [0.25, 0.3) is 0 Å². The Morgan fingerprint density at radius 2 is 2.00 bits per heavy atom. The van der Waals surface area contributed by atoms with Gasteiger partial charge in [-0.05, 0) is 12.1 Å². The first-order valence-corrected chi connectivity index (χ1v) is 7.60. The van der Waals surface area contributed by atoms with Gasteiger partial charge in [0, 0.05) is 30.0 Å². The highest BCUT2D eigenvalue weighted by molar-refractivity contribution is 9.10. The van der Waals surface area contributed by atoms with E-state index in [9.17, 15) is 4.79 Å². The van der Waals surface area contributed by atoms with Gasteiger partial charge in [-0.25, -0.2) is 4.79 Å². The number of rotatable bonds is 5. The summed E-state index contributed by atoms with van der Waals surface area (Å²) in [5.41, 5.74) is 1.78. The van der Waals surface area contributed by atoms with E-state index in [-0.39, 0.29) is 5.97 Å². The molecule has 0 bridgehead atoms. The predicted molar refractivity (Wildman–Crippen MR) is 80.3 cm³/mol. The molecule has 0 N–H and O–H groups in total. The average molecular weight is 343 g/mol. The van der Waals surface area contributed by atoms with E-state index in [0.29, 0.717) is 5.56 Å². The zero-order chi connectivity index (χ0) is 14.6. The van der Waals surface area contributed by atoms with Crippen molar-refractivity contribution in [3.63, 3.8) is 0 Å². The Balaban J connectivity index is 2.18. The van der Waals surface area contributed by atoms with Crippen molar-refractivity contribution in [1.29, 1.82) is 0 Å². The van der Waals surface area contributed by atoms with Crippen molar-refractivity contribution in [3.05, 3.63) is 33.8 Å². The predicted octanol–water partition coefficient (Wildman–Crippen LogP) is 2.95. The molecule has 0 atom stereocenters. The molecule has 0 unspecified atom stereocenters. The lowest BCUT2D eigenvalue weighted by Gasteiger charge is -2.33. The van der Waals surface area contributed by atoms with Gasteiger partial charge in [-0.1, -0.05) is 22.0 Å². The summed E-state index contributed by atoms with van der Waals surface area (Å²) in [6, 6.07) is 5.66. The molecular weight excluding hydrogens is 322 g/mol. The van der Waals surface area contributed by atoms with Crippen LogP contribution in [0.1, 0.15) is 28.8 Å². The zero-order valence-corrected chi connectivity index (χ0v) is 13.6. The second kappa shape index (κ2) is 6.70. The lowest BCUT2D eigenvalue weighted by molar-refractivity contribution is -0.947. The largest absolute Gasteiger partial charge is 0.465 e. The summed E-state index contributed by atoms with van der Waals surface area (Å²) >= 11 is 3.57. The fraction of sp³-hybridized carbons (Fsp3) is 0.533.